The highest BCUT2D eigenvalue weighted by atomic mass is 16.5. The molecule has 4 amide bonds. The zero-order valence-electron chi connectivity index (χ0n) is 31.5. The summed E-state index contributed by atoms with van der Waals surface area (Å²) in [5.74, 6) is 1.79. The highest BCUT2D eigenvalue weighted by molar-refractivity contribution is 5.79. The van der Waals surface area contributed by atoms with Gasteiger partial charge in [-0.15, -0.1) is 0 Å². The van der Waals surface area contributed by atoms with Gasteiger partial charge in [0.05, 0.1) is 52.9 Å². The summed E-state index contributed by atoms with van der Waals surface area (Å²) in [4.78, 5) is 54.0. The molecule has 0 aliphatic carbocycles. The fraction of sp³-hybridized carbons (Fsp3) is 0.889. The first kappa shape index (κ1) is 43.7. The Morgan fingerprint density at radius 2 is 0.521 bits per heavy atom. The Bertz CT molecular complexity index is 754. The number of nitrogens with zero attached hydrogens (tertiary/aromatic N) is 4. The molecule has 4 aliphatic heterocycles. The fourth-order valence-corrected chi connectivity index (χ4v) is 5.08. The van der Waals surface area contributed by atoms with Crippen LogP contribution in [0.4, 0.5) is 0 Å². The molecule has 4 heterocycles. The van der Waals surface area contributed by atoms with E-state index in [2.05, 4.69) is 0 Å². The zero-order chi connectivity index (χ0) is 35.9. The predicted molar refractivity (Wildman–Crippen MR) is 187 cm³/mol. The number of ether oxygens (including phenoxy) is 4. The number of hydrogen-bond donors (Lipinski definition) is 0. The molecule has 280 valence electrons. The Morgan fingerprint density at radius 3 is 0.646 bits per heavy atom. The van der Waals surface area contributed by atoms with Crippen LogP contribution < -0.4 is 0 Å². The Morgan fingerprint density at radius 1 is 0.375 bits per heavy atom. The maximum Gasteiger partial charge on any atom is 0.225 e. The molecule has 0 radical (unpaired) electrons. The van der Waals surface area contributed by atoms with E-state index in [1.165, 1.54) is 0 Å². The van der Waals surface area contributed by atoms with Crippen LogP contribution in [0.25, 0.3) is 0 Å². The summed E-state index contributed by atoms with van der Waals surface area (Å²) in [5.41, 5.74) is 0. The third kappa shape index (κ3) is 16.4. The molecule has 48 heavy (non-hydrogen) atoms. The summed E-state index contributed by atoms with van der Waals surface area (Å²) in [7, 11) is 0. The molecular formula is C36H68N4O8. The highest BCUT2D eigenvalue weighted by Gasteiger charge is 2.23. The van der Waals surface area contributed by atoms with Gasteiger partial charge in [-0.3, -0.25) is 19.2 Å². The predicted octanol–water partition coefficient (Wildman–Crippen LogP) is 3.57. The molecule has 0 saturated carbocycles. The largest absolute Gasteiger partial charge is 0.378 e. The van der Waals surface area contributed by atoms with Crippen LogP contribution in [0.1, 0.15) is 81.1 Å². The van der Waals surface area contributed by atoms with Gasteiger partial charge < -0.3 is 38.5 Å². The molecule has 0 bridgehead atoms. The van der Waals surface area contributed by atoms with Gasteiger partial charge in [0, 0.05) is 76.0 Å². The van der Waals surface area contributed by atoms with E-state index in [9.17, 15) is 19.2 Å². The second-order valence-electron chi connectivity index (χ2n) is 13.0. The van der Waals surface area contributed by atoms with Crippen LogP contribution in [0.15, 0.2) is 0 Å². The first-order valence-electron chi connectivity index (χ1n) is 18.5. The van der Waals surface area contributed by atoms with Crippen molar-refractivity contribution < 1.29 is 38.1 Å². The first-order chi connectivity index (χ1) is 23.0. The Kier molecular flexibility index (Phi) is 23.4. The maximum absolute atomic E-state index is 11.6. The van der Waals surface area contributed by atoms with Gasteiger partial charge in [-0.05, 0) is 25.7 Å². The molecule has 0 aromatic carbocycles. The van der Waals surface area contributed by atoms with Gasteiger partial charge in [0.1, 0.15) is 0 Å². The van der Waals surface area contributed by atoms with Crippen molar-refractivity contribution in [2.75, 3.05) is 105 Å². The van der Waals surface area contributed by atoms with Crippen LogP contribution in [-0.4, -0.2) is 148 Å². The number of amides is 4. The van der Waals surface area contributed by atoms with Gasteiger partial charge in [0.25, 0.3) is 0 Å². The minimum absolute atomic E-state index is 0.170. The van der Waals surface area contributed by atoms with Crippen molar-refractivity contribution in [1.82, 2.24) is 19.6 Å². The summed E-state index contributed by atoms with van der Waals surface area (Å²) < 4.78 is 20.7. The SMILES string of the molecule is CCC(C)C(=O)N1CCOCC1.CCC(C)C(=O)N1CCOCC1.CCC(C)C(=O)N1CCOCC1.CCC(C)C(=O)N1CCOCC1. The number of morpholine rings is 4. The molecule has 12 heteroatoms. The molecule has 0 aromatic rings. The molecule has 0 N–H and O–H groups in total. The minimum atomic E-state index is 0.170. The molecule has 4 saturated heterocycles. The average Bonchev–Trinajstić information content (AvgIpc) is 3.17. The van der Waals surface area contributed by atoms with E-state index in [0.717, 1.165) is 78.0 Å². The van der Waals surface area contributed by atoms with Crippen LogP contribution in [0, 0.1) is 23.7 Å². The van der Waals surface area contributed by atoms with Crippen LogP contribution in [-0.2, 0) is 38.1 Å². The topological polar surface area (TPSA) is 118 Å². The highest BCUT2D eigenvalue weighted by Crippen LogP contribution is 2.11. The summed E-state index contributed by atoms with van der Waals surface area (Å²) in [6.45, 7) is 27.8. The lowest BCUT2D eigenvalue weighted by molar-refractivity contribution is -0.139. The van der Waals surface area contributed by atoms with Crippen molar-refractivity contribution in [3.8, 4) is 0 Å². The number of hydrogen-bond acceptors (Lipinski definition) is 8. The van der Waals surface area contributed by atoms with Crippen LogP contribution in [0.2, 0.25) is 0 Å². The van der Waals surface area contributed by atoms with Crippen molar-refractivity contribution in [1.29, 1.82) is 0 Å². The molecular weight excluding hydrogens is 616 g/mol. The molecule has 0 aromatic heterocycles. The van der Waals surface area contributed by atoms with E-state index in [4.69, 9.17) is 18.9 Å². The molecule has 4 aliphatic rings. The molecule has 12 nitrogen and oxygen atoms in total. The molecule has 4 fully saturated rings. The Balaban J connectivity index is 0.000000320. The van der Waals surface area contributed by atoms with Gasteiger partial charge in [-0.25, -0.2) is 0 Å². The summed E-state index contributed by atoms with van der Waals surface area (Å²) in [5, 5.41) is 0. The second kappa shape index (κ2) is 25.7. The van der Waals surface area contributed by atoms with Crippen molar-refractivity contribution in [2.24, 2.45) is 23.7 Å². The number of carbonyl (C=O) groups excluding carboxylic acids is 4. The van der Waals surface area contributed by atoms with E-state index in [-0.39, 0.29) is 47.3 Å². The Hall–Kier alpha value is -2.28. The lowest BCUT2D eigenvalue weighted by atomic mass is 10.1. The quantitative estimate of drug-likeness (QED) is 0.381. The van der Waals surface area contributed by atoms with Gasteiger partial charge in [0.15, 0.2) is 0 Å². The molecule has 4 unspecified atom stereocenters. The van der Waals surface area contributed by atoms with Crippen molar-refractivity contribution >= 4 is 23.6 Å². The van der Waals surface area contributed by atoms with Gasteiger partial charge in [-0.1, -0.05) is 55.4 Å². The zero-order valence-corrected chi connectivity index (χ0v) is 31.5. The van der Waals surface area contributed by atoms with Crippen molar-refractivity contribution in [3.63, 3.8) is 0 Å². The van der Waals surface area contributed by atoms with Crippen LogP contribution in [0.5, 0.6) is 0 Å². The maximum atomic E-state index is 11.6. The van der Waals surface area contributed by atoms with Crippen molar-refractivity contribution in [2.45, 2.75) is 81.1 Å². The lowest BCUT2D eigenvalue weighted by Gasteiger charge is -2.28. The van der Waals surface area contributed by atoms with E-state index in [1.54, 1.807) is 0 Å². The number of carbonyl (C=O) groups is 4. The molecule has 4 atom stereocenters. The smallest absolute Gasteiger partial charge is 0.225 e. The second-order valence-corrected chi connectivity index (χ2v) is 13.0. The van der Waals surface area contributed by atoms with Gasteiger partial charge in [0.2, 0.25) is 23.6 Å². The standard InChI is InChI=1S/4C9H17NO2/c4*1-3-8(2)9(11)10-4-6-12-7-5-10/h4*8H,3-7H2,1-2H3. The van der Waals surface area contributed by atoms with Crippen molar-refractivity contribution in [3.05, 3.63) is 0 Å². The normalized spacial score (nSPS) is 20.7. The third-order valence-electron chi connectivity index (χ3n) is 9.43. The van der Waals surface area contributed by atoms with Crippen LogP contribution in [0.3, 0.4) is 0 Å². The third-order valence-corrected chi connectivity index (χ3v) is 9.43. The minimum Gasteiger partial charge on any atom is -0.378 e. The van der Waals surface area contributed by atoms with Gasteiger partial charge in [-0.2, -0.15) is 0 Å². The summed E-state index contributed by atoms with van der Waals surface area (Å²) in [6.07, 6.45) is 3.71. The van der Waals surface area contributed by atoms with E-state index in [1.807, 2.05) is 75.0 Å². The monoisotopic (exact) mass is 685 g/mol. The lowest BCUT2D eigenvalue weighted by Crippen LogP contribution is -2.43. The Labute approximate surface area is 291 Å². The van der Waals surface area contributed by atoms with E-state index < -0.39 is 0 Å². The van der Waals surface area contributed by atoms with E-state index in [0.29, 0.717) is 52.9 Å². The van der Waals surface area contributed by atoms with E-state index >= 15 is 0 Å². The molecule has 4 rings (SSSR count). The fourth-order valence-electron chi connectivity index (χ4n) is 5.08. The first-order valence-corrected chi connectivity index (χ1v) is 18.5. The summed E-state index contributed by atoms with van der Waals surface area (Å²) in [6, 6.07) is 0. The summed E-state index contributed by atoms with van der Waals surface area (Å²) >= 11 is 0. The van der Waals surface area contributed by atoms with Gasteiger partial charge >= 0.3 is 0 Å². The average molecular weight is 685 g/mol. The molecule has 0 spiro atoms. The number of rotatable bonds is 8. The van der Waals surface area contributed by atoms with Crippen LogP contribution >= 0.6 is 0 Å².